The summed E-state index contributed by atoms with van der Waals surface area (Å²) in [5, 5.41) is 16.5. The minimum Gasteiger partial charge on any atom is -0.480 e. The van der Waals surface area contributed by atoms with Crippen LogP contribution in [0.1, 0.15) is 24.1 Å². The summed E-state index contributed by atoms with van der Waals surface area (Å²) in [7, 11) is 0. The molecule has 0 atom stereocenters. The summed E-state index contributed by atoms with van der Waals surface area (Å²) in [6, 6.07) is 5.90. The molecule has 0 aliphatic heterocycles. The standard InChI is InChI=1S/C18H18FN3O3/c1-12-13(11-22(21-12)15-6-4-14(19)5-7-15)10-20-16(23)18(17(24)25)8-2-3-9-18/h2-7,11H,8-10H2,1H3,(H,20,23)(H,24,25). The van der Waals surface area contributed by atoms with Crippen molar-refractivity contribution in [1.82, 2.24) is 15.1 Å². The number of hydrogen-bond donors (Lipinski definition) is 2. The maximum absolute atomic E-state index is 13.0. The highest BCUT2D eigenvalue weighted by atomic mass is 19.1. The number of allylic oxidation sites excluding steroid dienone is 2. The Morgan fingerprint density at radius 2 is 1.92 bits per heavy atom. The summed E-state index contributed by atoms with van der Waals surface area (Å²) in [6.07, 6.45) is 5.56. The molecule has 1 amide bonds. The van der Waals surface area contributed by atoms with Crippen LogP contribution in [-0.4, -0.2) is 26.8 Å². The molecule has 0 fully saturated rings. The first kappa shape index (κ1) is 16.9. The highest BCUT2D eigenvalue weighted by molar-refractivity contribution is 6.02. The zero-order valence-electron chi connectivity index (χ0n) is 13.7. The summed E-state index contributed by atoms with van der Waals surface area (Å²) in [6.45, 7) is 1.98. The molecule has 0 saturated heterocycles. The van der Waals surface area contributed by atoms with Crippen molar-refractivity contribution in [3.8, 4) is 5.69 Å². The monoisotopic (exact) mass is 343 g/mol. The molecule has 25 heavy (non-hydrogen) atoms. The van der Waals surface area contributed by atoms with E-state index in [4.69, 9.17) is 0 Å². The van der Waals surface area contributed by atoms with Gasteiger partial charge in [0.05, 0.1) is 11.4 Å². The van der Waals surface area contributed by atoms with E-state index < -0.39 is 17.3 Å². The zero-order chi connectivity index (χ0) is 18.0. The zero-order valence-corrected chi connectivity index (χ0v) is 13.7. The van der Waals surface area contributed by atoms with Gasteiger partial charge in [-0.1, -0.05) is 12.2 Å². The number of rotatable bonds is 5. The predicted molar refractivity (Wildman–Crippen MR) is 88.5 cm³/mol. The lowest BCUT2D eigenvalue weighted by Crippen LogP contribution is -2.44. The fraction of sp³-hybridized carbons (Fsp3) is 0.278. The van der Waals surface area contributed by atoms with Crippen LogP contribution < -0.4 is 5.32 Å². The number of aryl methyl sites for hydroxylation is 1. The average Bonchev–Trinajstić information content (AvgIpc) is 3.21. The first-order chi connectivity index (χ1) is 11.9. The number of aliphatic carboxylic acids is 1. The fourth-order valence-electron chi connectivity index (χ4n) is 2.85. The van der Waals surface area contributed by atoms with E-state index in [2.05, 4.69) is 10.4 Å². The summed E-state index contributed by atoms with van der Waals surface area (Å²) < 4.78 is 14.6. The highest BCUT2D eigenvalue weighted by Gasteiger charge is 2.46. The molecule has 0 saturated carbocycles. The van der Waals surface area contributed by atoms with E-state index >= 15 is 0 Å². The number of carbonyl (C=O) groups excluding carboxylic acids is 1. The number of benzene rings is 1. The lowest BCUT2D eigenvalue weighted by molar-refractivity contribution is -0.155. The third kappa shape index (κ3) is 3.17. The average molecular weight is 343 g/mol. The Bertz CT molecular complexity index is 832. The molecule has 3 rings (SSSR count). The molecule has 130 valence electrons. The second kappa shape index (κ2) is 6.51. The summed E-state index contributed by atoms with van der Waals surface area (Å²) in [5.74, 6) is -1.95. The second-order valence-corrected chi connectivity index (χ2v) is 6.11. The van der Waals surface area contributed by atoms with Crippen molar-refractivity contribution in [2.24, 2.45) is 5.41 Å². The third-order valence-corrected chi connectivity index (χ3v) is 4.47. The second-order valence-electron chi connectivity index (χ2n) is 6.11. The Morgan fingerprint density at radius 1 is 1.28 bits per heavy atom. The highest BCUT2D eigenvalue weighted by Crippen LogP contribution is 2.34. The smallest absolute Gasteiger partial charge is 0.319 e. The van der Waals surface area contributed by atoms with E-state index in [0.717, 1.165) is 5.56 Å². The SMILES string of the molecule is Cc1nn(-c2ccc(F)cc2)cc1CNC(=O)C1(C(=O)O)CC=CC1. The first-order valence-electron chi connectivity index (χ1n) is 7.90. The molecular formula is C18H18FN3O3. The molecule has 6 nitrogen and oxygen atoms in total. The summed E-state index contributed by atoms with van der Waals surface area (Å²) in [4.78, 5) is 23.9. The Kier molecular flexibility index (Phi) is 4.39. The van der Waals surface area contributed by atoms with Crippen LogP contribution in [0.25, 0.3) is 5.69 Å². The molecule has 1 heterocycles. The molecule has 2 aromatic rings. The van der Waals surface area contributed by atoms with Gasteiger partial charge in [0, 0.05) is 18.3 Å². The van der Waals surface area contributed by atoms with Crippen molar-refractivity contribution >= 4 is 11.9 Å². The molecule has 7 heteroatoms. The number of carboxylic acids is 1. The normalized spacial score (nSPS) is 15.3. The van der Waals surface area contributed by atoms with Gasteiger partial charge in [0.2, 0.25) is 5.91 Å². The van der Waals surface area contributed by atoms with Crippen molar-refractivity contribution in [3.63, 3.8) is 0 Å². The van der Waals surface area contributed by atoms with E-state index in [9.17, 15) is 19.1 Å². The van der Waals surface area contributed by atoms with Crippen LogP contribution in [0.15, 0.2) is 42.6 Å². The molecule has 0 spiro atoms. The largest absolute Gasteiger partial charge is 0.480 e. The van der Waals surface area contributed by atoms with Crippen LogP contribution >= 0.6 is 0 Å². The van der Waals surface area contributed by atoms with Crippen LogP contribution in [0.2, 0.25) is 0 Å². The van der Waals surface area contributed by atoms with Gasteiger partial charge < -0.3 is 10.4 Å². The van der Waals surface area contributed by atoms with Crippen molar-refractivity contribution in [2.45, 2.75) is 26.3 Å². The van der Waals surface area contributed by atoms with Crippen molar-refractivity contribution in [2.75, 3.05) is 0 Å². The van der Waals surface area contributed by atoms with Crippen LogP contribution in [0.5, 0.6) is 0 Å². The number of carboxylic acid groups (broad SMARTS) is 1. The van der Waals surface area contributed by atoms with E-state index in [1.807, 2.05) is 0 Å². The fourth-order valence-corrected chi connectivity index (χ4v) is 2.85. The summed E-state index contributed by atoms with van der Waals surface area (Å²) in [5.41, 5.74) is 0.757. The third-order valence-electron chi connectivity index (χ3n) is 4.47. The Morgan fingerprint density at radius 3 is 2.52 bits per heavy atom. The molecule has 1 aliphatic carbocycles. The molecule has 2 N–H and O–H groups in total. The minimum absolute atomic E-state index is 0.181. The van der Waals surface area contributed by atoms with Gasteiger partial charge in [0.25, 0.3) is 0 Å². The van der Waals surface area contributed by atoms with Gasteiger partial charge in [0.15, 0.2) is 5.41 Å². The Labute approximate surface area is 144 Å². The van der Waals surface area contributed by atoms with Crippen LogP contribution in [0.3, 0.4) is 0 Å². The minimum atomic E-state index is -1.42. The van der Waals surface area contributed by atoms with Crippen molar-refractivity contribution in [1.29, 1.82) is 0 Å². The topological polar surface area (TPSA) is 84.2 Å². The van der Waals surface area contributed by atoms with E-state index in [0.29, 0.717) is 11.4 Å². The lowest BCUT2D eigenvalue weighted by Gasteiger charge is -2.22. The number of nitrogens with zero attached hydrogens (tertiary/aromatic N) is 2. The summed E-state index contributed by atoms with van der Waals surface area (Å²) >= 11 is 0. The van der Waals surface area contributed by atoms with Gasteiger partial charge in [0.1, 0.15) is 5.82 Å². The quantitative estimate of drug-likeness (QED) is 0.645. The number of amides is 1. The van der Waals surface area contributed by atoms with E-state index in [-0.39, 0.29) is 25.2 Å². The Balaban J connectivity index is 1.72. The van der Waals surface area contributed by atoms with Crippen molar-refractivity contribution < 1.29 is 19.1 Å². The number of halogens is 1. The lowest BCUT2D eigenvalue weighted by atomic mass is 9.84. The number of hydrogen-bond acceptors (Lipinski definition) is 3. The molecule has 0 bridgehead atoms. The van der Waals surface area contributed by atoms with Gasteiger partial charge >= 0.3 is 5.97 Å². The van der Waals surface area contributed by atoms with Crippen LogP contribution in [-0.2, 0) is 16.1 Å². The van der Waals surface area contributed by atoms with Gasteiger partial charge in [-0.2, -0.15) is 5.10 Å². The van der Waals surface area contributed by atoms with Crippen LogP contribution in [0.4, 0.5) is 4.39 Å². The molecular weight excluding hydrogens is 325 g/mol. The van der Waals surface area contributed by atoms with Crippen LogP contribution in [0, 0.1) is 18.2 Å². The van der Waals surface area contributed by atoms with E-state index in [1.165, 1.54) is 12.1 Å². The molecule has 1 aromatic carbocycles. The maximum Gasteiger partial charge on any atom is 0.319 e. The maximum atomic E-state index is 13.0. The molecule has 1 aliphatic rings. The van der Waals surface area contributed by atoms with Gasteiger partial charge in [-0.15, -0.1) is 0 Å². The number of carbonyl (C=O) groups is 2. The molecule has 0 unspecified atom stereocenters. The van der Waals surface area contributed by atoms with Gasteiger partial charge in [-0.25, -0.2) is 9.07 Å². The predicted octanol–water partition coefficient (Wildman–Crippen LogP) is 2.36. The van der Waals surface area contributed by atoms with E-state index in [1.54, 1.807) is 42.1 Å². The number of aromatic nitrogens is 2. The van der Waals surface area contributed by atoms with Gasteiger partial charge in [-0.3, -0.25) is 9.59 Å². The molecule has 1 aromatic heterocycles. The number of nitrogens with one attached hydrogen (secondary N) is 1. The molecule has 0 radical (unpaired) electrons. The first-order valence-corrected chi connectivity index (χ1v) is 7.90. The Hall–Kier alpha value is -2.96. The van der Waals surface area contributed by atoms with Crippen molar-refractivity contribution in [3.05, 3.63) is 59.7 Å². The van der Waals surface area contributed by atoms with Gasteiger partial charge in [-0.05, 0) is 44.0 Å².